The first-order valence-corrected chi connectivity index (χ1v) is 10.1. The highest BCUT2D eigenvalue weighted by Gasteiger charge is 2.49. The molecule has 1 aromatic carbocycles. The van der Waals surface area contributed by atoms with E-state index >= 15 is 0 Å². The fourth-order valence-electron chi connectivity index (χ4n) is 3.80. The molecule has 1 aromatic heterocycles. The summed E-state index contributed by atoms with van der Waals surface area (Å²) in [6.07, 6.45) is 2.16. The zero-order valence-electron chi connectivity index (χ0n) is 18.2. The maximum absolute atomic E-state index is 13.1. The van der Waals surface area contributed by atoms with Crippen molar-refractivity contribution in [2.75, 3.05) is 25.2 Å². The summed E-state index contributed by atoms with van der Waals surface area (Å²) in [5.74, 6) is 0.675. The summed E-state index contributed by atoms with van der Waals surface area (Å²) >= 11 is 0. The molecule has 0 aliphatic carbocycles. The molecule has 0 spiro atoms. The van der Waals surface area contributed by atoms with Gasteiger partial charge in [0.2, 0.25) is 5.91 Å². The van der Waals surface area contributed by atoms with Crippen molar-refractivity contribution in [2.45, 2.75) is 51.7 Å². The number of nitrogens with one attached hydrogen (secondary N) is 2. The molecule has 1 aliphatic rings. The highest BCUT2D eigenvalue weighted by atomic mass is 16.6. The molecule has 9 heteroatoms. The maximum Gasteiger partial charge on any atom is 0.407 e. The van der Waals surface area contributed by atoms with Gasteiger partial charge in [0.25, 0.3) is 0 Å². The van der Waals surface area contributed by atoms with E-state index in [9.17, 15) is 9.59 Å². The Kier molecular flexibility index (Phi) is 6.00. The van der Waals surface area contributed by atoms with E-state index in [4.69, 9.17) is 4.74 Å². The number of amides is 2. The van der Waals surface area contributed by atoms with E-state index < -0.39 is 17.2 Å². The summed E-state index contributed by atoms with van der Waals surface area (Å²) in [7, 11) is 1.80. The number of hydrogen-bond donors (Lipinski definition) is 2. The third-order valence-electron chi connectivity index (χ3n) is 5.26. The van der Waals surface area contributed by atoms with Gasteiger partial charge < -0.3 is 19.9 Å². The van der Waals surface area contributed by atoms with Crippen LogP contribution in [0.4, 0.5) is 10.5 Å². The molecule has 0 radical (unpaired) electrons. The highest BCUT2D eigenvalue weighted by molar-refractivity contribution is 5.93. The average molecular weight is 415 g/mol. The quantitative estimate of drug-likeness (QED) is 0.753. The molecule has 1 saturated heterocycles. The Morgan fingerprint density at radius 3 is 2.57 bits per heavy atom. The largest absolute Gasteiger partial charge is 0.444 e. The second kappa shape index (κ2) is 8.33. The standard InChI is InChI=1S/C21H30N6O3/c1-6-21(11-12-22-19(29)30-20(2,3)4)18(28)26(5)14-27(21)16-9-7-15(8-10-16)17-23-13-24-25-17/h7-10,13H,6,11-12,14H2,1-5H3,(H,22,29)(H,23,24,25). The molecular weight excluding hydrogens is 384 g/mol. The number of carbonyl (C=O) groups excluding carboxylic acids is 2. The van der Waals surface area contributed by atoms with Gasteiger partial charge in [-0.2, -0.15) is 5.10 Å². The first-order valence-electron chi connectivity index (χ1n) is 10.1. The van der Waals surface area contributed by atoms with Crippen LogP contribution in [0.3, 0.4) is 0 Å². The lowest BCUT2D eigenvalue weighted by Gasteiger charge is -2.36. The zero-order chi connectivity index (χ0) is 21.9. The average Bonchev–Trinajstić information content (AvgIpc) is 3.30. The molecule has 162 valence electrons. The highest BCUT2D eigenvalue weighted by Crippen LogP contribution is 2.37. The van der Waals surface area contributed by atoms with Gasteiger partial charge in [-0.1, -0.05) is 6.92 Å². The van der Waals surface area contributed by atoms with Crippen LogP contribution in [0.5, 0.6) is 0 Å². The summed E-state index contributed by atoms with van der Waals surface area (Å²) in [4.78, 5) is 33.1. The van der Waals surface area contributed by atoms with Crippen LogP contribution in [-0.2, 0) is 9.53 Å². The van der Waals surface area contributed by atoms with Crippen LogP contribution >= 0.6 is 0 Å². The number of rotatable bonds is 6. The number of alkyl carbamates (subject to hydrolysis) is 1. The van der Waals surface area contributed by atoms with Gasteiger partial charge >= 0.3 is 6.09 Å². The molecule has 2 heterocycles. The molecule has 2 aromatic rings. The number of anilines is 1. The lowest BCUT2D eigenvalue weighted by molar-refractivity contribution is -0.131. The minimum absolute atomic E-state index is 0.0500. The zero-order valence-corrected chi connectivity index (χ0v) is 18.2. The van der Waals surface area contributed by atoms with Crippen molar-refractivity contribution >= 4 is 17.7 Å². The summed E-state index contributed by atoms with van der Waals surface area (Å²) in [6.45, 7) is 8.28. The molecule has 1 fully saturated rings. The van der Waals surface area contributed by atoms with Crippen molar-refractivity contribution in [3.05, 3.63) is 30.6 Å². The molecule has 0 bridgehead atoms. The second-order valence-corrected chi connectivity index (χ2v) is 8.51. The Morgan fingerprint density at radius 2 is 2.00 bits per heavy atom. The molecule has 1 atom stereocenters. The Balaban J connectivity index is 1.77. The van der Waals surface area contributed by atoms with Crippen LogP contribution in [0.2, 0.25) is 0 Å². The fourth-order valence-corrected chi connectivity index (χ4v) is 3.80. The van der Waals surface area contributed by atoms with Gasteiger partial charge in [0.05, 0.1) is 6.67 Å². The van der Waals surface area contributed by atoms with E-state index in [1.807, 2.05) is 52.0 Å². The van der Waals surface area contributed by atoms with E-state index in [0.717, 1.165) is 11.3 Å². The predicted octanol–water partition coefficient (Wildman–Crippen LogP) is 2.77. The SMILES string of the molecule is CCC1(CCNC(=O)OC(C)(C)C)C(=O)N(C)CN1c1ccc(-c2nc[nH]n2)cc1. The number of benzene rings is 1. The van der Waals surface area contributed by atoms with Crippen molar-refractivity contribution in [1.82, 2.24) is 25.4 Å². The van der Waals surface area contributed by atoms with Crippen LogP contribution < -0.4 is 10.2 Å². The van der Waals surface area contributed by atoms with E-state index in [1.54, 1.807) is 11.9 Å². The molecular formula is C21H30N6O3. The van der Waals surface area contributed by atoms with Crippen LogP contribution in [-0.4, -0.2) is 63.5 Å². The van der Waals surface area contributed by atoms with Crippen molar-refractivity contribution < 1.29 is 14.3 Å². The molecule has 2 N–H and O–H groups in total. The minimum Gasteiger partial charge on any atom is -0.444 e. The van der Waals surface area contributed by atoms with E-state index in [-0.39, 0.29) is 5.91 Å². The monoisotopic (exact) mass is 414 g/mol. The molecule has 1 aliphatic heterocycles. The topological polar surface area (TPSA) is 103 Å². The normalized spacial score (nSPS) is 19.3. The van der Waals surface area contributed by atoms with Gasteiger partial charge in [-0.05, 0) is 57.9 Å². The summed E-state index contributed by atoms with van der Waals surface area (Å²) in [5.41, 5.74) is 0.543. The maximum atomic E-state index is 13.1. The van der Waals surface area contributed by atoms with Crippen molar-refractivity contribution in [3.63, 3.8) is 0 Å². The number of aromatic nitrogens is 3. The molecule has 9 nitrogen and oxygen atoms in total. The van der Waals surface area contributed by atoms with E-state index in [2.05, 4.69) is 25.4 Å². The van der Waals surface area contributed by atoms with Gasteiger partial charge in [0.15, 0.2) is 5.82 Å². The number of hydrogen-bond acceptors (Lipinski definition) is 6. The number of aromatic amines is 1. The summed E-state index contributed by atoms with van der Waals surface area (Å²) in [5, 5.41) is 9.59. The van der Waals surface area contributed by atoms with Crippen molar-refractivity contribution in [2.24, 2.45) is 0 Å². The van der Waals surface area contributed by atoms with Gasteiger partial charge in [0, 0.05) is 24.8 Å². The Labute approximate surface area is 176 Å². The van der Waals surface area contributed by atoms with Crippen LogP contribution in [0.1, 0.15) is 40.5 Å². The number of ether oxygens (including phenoxy) is 1. The third kappa shape index (κ3) is 4.39. The molecule has 0 saturated carbocycles. The minimum atomic E-state index is -0.726. The van der Waals surface area contributed by atoms with Gasteiger partial charge in [-0.15, -0.1) is 0 Å². The molecule has 1 unspecified atom stereocenters. The van der Waals surface area contributed by atoms with Gasteiger partial charge in [-0.25, -0.2) is 9.78 Å². The van der Waals surface area contributed by atoms with Gasteiger partial charge in [-0.3, -0.25) is 9.89 Å². The number of likely N-dealkylation sites (N-methyl/N-ethyl adjacent to an activating group) is 1. The number of nitrogens with zero attached hydrogens (tertiary/aromatic N) is 4. The van der Waals surface area contributed by atoms with Crippen molar-refractivity contribution in [3.8, 4) is 11.4 Å². The first-order chi connectivity index (χ1) is 14.2. The Hall–Kier alpha value is -3.10. The molecule has 2 amide bonds. The van der Waals surface area contributed by atoms with Crippen LogP contribution in [0.25, 0.3) is 11.4 Å². The summed E-state index contributed by atoms with van der Waals surface area (Å²) in [6, 6.07) is 7.84. The van der Waals surface area contributed by atoms with E-state index in [0.29, 0.717) is 31.9 Å². The lowest BCUT2D eigenvalue weighted by Crippen LogP contribution is -2.51. The number of carbonyl (C=O) groups is 2. The lowest BCUT2D eigenvalue weighted by atomic mass is 9.89. The molecule has 30 heavy (non-hydrogen) atoms. The Morgan fingerprint density at radius 1 is 1.30 bits per heavy atom. The van der Waals surface area contributed by atoms with Crippen molar-refractivity contribution in [1.29, 1.82) is 0 Å². The Bertz CT molecular complexity index is 875. The second-order valence-electron chi connectivity index (χ2n) is 8.51. The summed E-state index contributed by atoms with van der Waals surface area (Å²) < 4.78 is 5.30. The smallest absolute Gasteiger partial charge is 0.407 e. The van der Waals surface area contributed by atoms with Gasteiger partial charge in [0.1, 0.15) is 17.5 Å². The number of H-pyrrole nitrogens is 1. The first kappa shape index (κ1) is 21.6. The molecule has 3 rings (SSSR count). The van der Waals surface area contributed by atoms with E-state index in [1.165, 1.54) is 6.33 Å². The van der Waals surface area contributed by atoms with Crippen LogP contribution in [0.15, 0.2) is 30.6 Å². The van der Waals surface area contributed by atoms with Crippen LogP contribution in [0, 0.1) is 0 Å². The predicted molar refractivity (Wildman–Crippen MR) is 114 cm³/mol. The fraction of sp³-hybridized carbons (Fsp3) is 0.524. The third-order valence-corrected chi connectivity index (χ3v) is 5.26.